The molecule has 0 fully saturated rings. The van der Waals surface area contributed by atoms with E-state index >= 15 is 0 Å². The van der Waals surface area contributed by atoms with E-state index in [2.05, 4.69) is 6.07 Å². The average Bonchev–Trinajstić information content (AvgIpc) is 3.28. The van der Waals surface area contributed by atoms with Gasteiger partial charge in [-0.3, -0.25) is 9.36 Å². The molecule has 140 valence electrons. The van der Waals surface area contributed by atoms with Crippen molar-refractivity contribution >= 4 is 22.2 Å². The van der Waals surface area contributed by atoms with Crippen molar-refractivity contribution in [2.75, 3.05) is 0 Å². The third-order valence-electron chi connectivity index (χ3n) is 5.09. The van der Waals surface area contributed by atoms with E-state index in [-0.39, 0.29) is 17.0 Å². The van der Waals surface area contributed by atoms with Crippen molar-refractivity contribution in [3.05, 3.63) is 104 Å². The number of nitrogens with two attached hydrogens (primary N) is 1. The van der Waals surface area contributed by atoms with Crippen LogP contribution in [-0.4, -0.2) is 4.57 Å². The second-order valence-electron chi connectivity index (χ2n) is 6.68. The van der Waals surface area contributed by atoms with Crippen molar-refractivity contribution in [1.29, 1.82) is 5.26 Å². The highest BCUT2D eigenvalue weighted by molar-refractivity contribution is 7.10. The number of pyridine rings is 1. The van der Waals surface area contributed by atoms with Crippen LogP contribution in [-0.2, 0) is 0 Å². The molecule has 0 amide bonds. The second kappa shape index (κ2) is 6.66. The first kappa shape index (κ1) is 17.3. The quantitative estimate of drug-likeness (QED) is 0.548. The van der Waals surface area contributed by atoms with Crippen molar-refractivity contribution < 1.29 is 4.74 Å². The Morgan fingerprint density at radius 2 is 1.79 bits per heavy atom. The van der Waals surface area contributed by atoms with E-state index in [4.69, 9.17) is 10.5 Å². The van der Waals surface area contributed by atoms with Crippen LogP contribution in [0.1, 0.15) is 16.4 Å². The van der Waals surface area contributed by atoms with E-state index in [1.54, 1.807) is 4.57 Å². The van der Waals surface area contributed by atoms with Crippen molar-refractivity contribution in [3.8, 4) is 17.5 Å². The average molecular weight is 397 g/mol. The van der Waals surface area contributed by atoms with Crippen LogP contribution in [0.3, 0.4) is 0 Å². The fourth-order valence-corrected chi connectivity index (χ4v) is 4.69. The molecule has 0 saturated heterocycles. The number of thiophene rings is 1. The van der Waals surface area contributed by atoms with Gasteiger partial charge in [-0.25, -0.2) is 0 Å². The summed E-state index contributed by atoms with van der Waals surface area (Å²) in [5.74, 6) is -0.0936. The summed E-state index contributed by atoms with van der Waals surface area (Å²) in [4.78, 5) is 14.7. The van der Waals surface area contributed by atoms with Crippen LogP contribution < -0.4 is 16.0 Å². The van der Waals surface area contributed by atoms with Gasteiger partial charge in [0.2, 0.25) is 5.88 Å². The molecule has 0 bridgehead atoms. The Morgan fingerprint density at radius 1 is 1.03 bits per heavy atom. The number of nitriles is 1. The number of benzene rings is 2. The van der Waals surface area contributed by atoms with E-state index in [0.29, 0.717) is 11.3 Å². The van der Waals surface area contributed by atoms with Gasteiger partial charge in [0.25, 0.3) is 5.56 Å². The van der Waals surface area contributed by atoms with E-state index in [1.807, 2.05) is 72.1 Å². The van der Waals surface area contributed by atoms with Crippen LogP contribution >= 0.6 is 11.3 Å². The molecule has 5 nitrogen and oxygen atoms in total. The minimum absolute atomic E-state index is 0.0421. The lowest BCUT2D eigenvalue weighted by Crippen LogP contribution is -2.31. The number of para-hydroxylation sites is 2. The maximum Gasteiger partial charge on any atom is 0.263 e. The molecule has 1 unspecified atom stereocenters. The fourth-order valence-electron chi connectivity index (χ4n) is 3.84. The summed E-state index contributed by atoms with van der Waals surface area (Å²) >= 11 is 1.49. The predicted octanol–water partition coefficient (Wildman–Crippen LogP) is 4.27. The second-order valence-corrected chi connectivity index (χ2v) is 7.66. The normalized spacial score (nSPS) is 15.6. The van der Waals surface area contributed by atoms with Crippen molar-refractivity contribution in [3.63, 3.8) is 0 Å². The first-order chi connectivity index (χ1) is 14.2. The van der Waals surface area contributed by atoms with Gasteiger partial charge in [0.1, 0.15) is 17.4 Å². The highest BCUT2D eigenvalue weighted by atomic mass is 32.1. The molecule has 0 saturated carbocycles. The molecular formula is C23H15N3O2S. The van der Waals surface area contributed by atoms with Gasteiger partial charge in [0.05, 0.1) is 17.0 Å². The van der Waals surface area contributed by atoms with Crippen LogP contribution in [0, 0.1) is 11.3 Å². The van der Waals surface area contributed by atoms with Gasteiger partial charge in [0, 0.05) is 16.0 Å². The monoisotopic (exact) mass is 397 g/mol. The highest BCUT2D eigenvalue weighted by Crippen LogP contribution is 2.44. The molecule has 6 heteroatoms. The summed E-state index contributed by atoms with van der Waals surface area (Å²) < 4.78 is 7.55. The summed E-state index contributed by atoms with van der Waals surface area (Å²) in [5.41, 5.74) is 8.07. The number of hydrogen-bond acceptors (Lipinski definition) is 5. The lowest BCUT2D eigenvalue weighted by molar-refractivity contribution is 0.397. The maximum atomic E-state index is 13.8. The van der Waals surface area contributed by atoms with Gasteiger partial charge in [-0.1, -0.05) is 36.4 Å². The summed E-state index contributed by atoms with van der Waals surface area (Å²) in [6.45, 7) is 0. The summed E-state index contributed by atoms with van der Waals surface area (Å²) in [7, 11) is 0. The lowest BCUT2D eigenvalue weighted by Gasteiger charge is -2.27. The number of fused-ring (bicyclic) bond motifs is 3. The molecule has 5 rings (SSSR count). The number of nitrogens with zero attached hydrogens (tertiary/aromatic N) is 2. The molecular weight excluding hydrogens is 382 g/mol. The van der Waals surface area contributed by atoms with Crippen LogP contribution in [0.4, 0.5) is 0 Å². The number of ether oxygens (including phenoxy) is 1. The molecule has 3 heterocycles. The molecule has 0 aliphatic carbocycles. The maximum absolute atomic E-state index is 13.8. The number of allylic oxidation sites excluding steroid dienone is 1. The lowest BCUT2D eigenvalue weighted by atomic mass is 9.87. The zero-order valence-electron chi connectivity index (χ0n) is 15.2. The molecule has 1 atom stereocenters. The Hall–Kier alpha value is -3.82. The highest BCUT2D eigenvalue weighted by Gasteiger charge is 2.36. The van der Waals surface area contributed by atoms with Crippen molar-refractivity contribution in [2.24, 2.45) is 5.73 Å². The SMILES string of the molecule is N#CC1=C(N)Oc2c(c(=O)n(-c3ccccc3)c3ccccc23)C1c1cccs1. The molecule has 2 aromatic carbocycles. The van der Waals surface area contributed by atoms with Gasteiger partial charge in [-0.05, 0) is 35.7 Å². The third kappa shape index (κ3) is 2.56. The molecule has 29 heavy (non-hydrogen) atoms. The van der Waals surface area contributed by atoms with Crippen molar-refractivity contribution in [1.82, 2.24) is 4.57 Å². The molecule has 1 aliphatic rings. The van der Waals surface area contributed by atoms with Gasteiger partial charge < -0.3 is 10.5 Å². The minimum Gasteiger partial charge on any atom is -0.439 e. The summed E-state index contributed by atoms with van der Waals surface area (Å²) in [5, 5.41) is 12.5. The number of aromatic nitrogens is 1. The Bertz CT molecular complexity index is 1360. The standard InChI is InChI=1S/C23H15N3O2S/c24-13-16-19(18-11-6-12-29-18)20-21(28-22(16)25)15-9-4-5-10-17(15)26(23(20)27)14-7-2-1-3-8-14/h1-12,19H,25H2. The van der Waals surface area contributed by atoms with E-state index < -0.39 is 5.92 Å². The van der Waals surface area contributed by atoms with Gasteiger partial charge in [-0.2, -0.15) is 5.26 Å². The predicted molar refractivity (Wildman–Crippen MR) is 113 cm³/mol. The van der Waals surface area contributed by atoms with E-state index in [9.17, 15) is 10.1 Å². The van der Waals surface area contributed by atoms with Gasteiger partial charge in [-0.15, -0.1) is 11.3 Å². The first-order valence-electron chi connectivity index (χ1n) is 9.04. The van der Waals surface area contributed by atoms with Gasteiger partial charge in [0.15, 0.2) is 0 Å². The molecule has 0 spiro atoms. The zero-order chi connectivity index (χ0) is 20.0. The fraction of sp³-hybridized carbons (Fsp3) is 0.0435. The smallest absolute Gasteiger partial charge is 0.263 e. The van der Waals surface area contributed by atoms with Gasteiger partial charge >= 0.3 is 0 Å². The molecule has 2 aromatic heterocycles. The van der Waals surface area contributed by atoms with E-state index in [1.165, 1.54) is 11.3 Å². The number of hydrogen-bond donors (Lipinski definition) is 1. The Morgan fingerprint density at radius 3 is 2.52 bits per heavy atom. The topological polar surface area (TPSA) is 81.0 Å². The van der Waals surface area contributed by atoms with Crippen molar-refractivity contribution in [2.45, 2.75) is 5.92 Å². The Labute approximate surface area is 170 Å². The summed E-state index contributed by atoms with van der Waals surface area (Å²) in [6, 6.07) is 23.0. The number of rotatable bonds is 2. The van der Waals surface area contributed by atoms with Crippen LogP contribution in [0.2, 0.25) is 0 Å². The molecule has 1 aliphatic heterocycles. The Kier molecular flexibility index (Phi) is 3.97. The Balaban J connectivity index is 1.95. The van der Waals surface area contributed by atoms with Crippen LogP contribution in [0.5, 0.6) is 5.75 Å². The van der Waals surface area contributed by atoms with Crippen LogP contribution in [0.15, 0.2) is 88.4 Å². The van der Waals surface area contributed by atoms with E-state index in [0.717, 1.165) is 21.5 Å². The van der Waals surface area contributed by atoms with Crippen LogP contribution in [0.25, 0.3) is 16.6 Å². The molecule has 0 radical (unpaired) electrons. The largest absolute Gasteiger partial charge is 0.439 e. The summed E-state index contributed by atoms with van der Waals surface area (Å²) in [6.07, 6.45) is 0. The third-order valence-corrected chi connectivity index (χ3v) is 6.02. The first-order valence-corrected chi connectivity index (χ1v) is 9.92. The molecule has 4 aromatic rings. The zero-order valence-corrected chi connectivity index (χ0v) is 16.0. The minimum atomic E-state index is -0.559. The molecule has 2 N–H and O–H groups in total.